The summed E-state index contributed by atoms with van der Waals surface area (Å²) in [5, 5.41) is 6.50. The first-order valence-corrected chi connectivity index (χ1v) is 7.36. The highest BCUT2D eigenvalue weighted by Crippen LogP contribution is 2.23. The number of carbonyl (C=O) groups excluding carboxylic acids is 1. The minimum atomic E-state index is -0.0387. The number of amides is 1. The maximum Gasteiger partial charge on any atom is 0.274 e. The van der Waals surface area contributed by atoms with Crippen LogP contribution in [0.25, 0.3) is 0 Å². The smallest absolute Gasteiger partial charge is 0.274 e. The summed E-state index contributed by atoms with van der Waals surface area (Å²) in [6.07, 6.45) is 4.65. The van der Waals surface area contributed by atoms with Gasteiger partial charge in [0, 0.05) is 13.1 Å². The van der Waals surface area contributed by atoms with E-state index in [0.29, 0.717) is 17.3 Å². The van der Waals surface area contributed by atoms with E-state index >= 15 is 0 Å². The molecule has 0 atom stereocenters. The first-order valence-electron chi connectivity index (χ1n) is 7.36. The zero-order chi connectivity index (χ0) is 14.7. The Bertz CT molecular complexity index is 600. The van der Waals surface area contributed by atoms with Gasteiger partial charge in [-0.05, 0) is 30.7 Å². The van der Waals surface area contributed by atoms with Crippen LogP contribution in [0.5, 0.6) is 0 Å². The van der Waals surface area contributed by atoms with Gasteiger partial charge in [-0.15, -0.1) is 0 Å². The van der Waals surface area contributed by atoms with Crippen molar-refractivity contribution in [1.29, 1.82) is 0 Å². The number of H-pyrrole nitrogens is 1. The van der Waals surface area contributed by atoms with Crippen LogP contribution in [0.1, 0.15) is 28.9 Å². The van der Waals surface area contributed by atoms with Crippen molar-refractivity contribution in [3.8, 4) is 0 Å². The van der Waals surface area contributed by atoms with Gasteiger partial charge in [0.15, 0.2) is 0 Å². The number of aromatic amines is 1. The van der Waals surface area contributed by atoms with Gasteiger partial charge in [0.1, 0.15) is 5.69 Å². The van der Waals surface area contributed by atoms with E-state index in [0.717, 1.165) is 32.4 Å². The fourth-order valence-electron chi connectivity index (χ4n) is 2.91. The number of nitrogens with zero attached hydrogens (tertiary/aromatic N) is 2. The molecule has 3 rings (SSSR count). The molecule has 21 heavy (non-hydrogen) atoms. The molecule has 1 fully saturated rings. The van der Waals surface area contributed by atoms with Crippen LogP contribution in [0.15, 0.2) is 36.5 Å². The molecular weight excluding hydrogens is 264 g/mol. The average Bonchev–Trinajstić information content (AvgIpc) is 2.94. The minimum absolute atomic E-state index is 0.0387. The summed E-state index contributed by atoms with van der Waals surface area (Å²) in [7, 11) is 0. The number of likely N-dealkylation sites (tertiary alicyclic amines) is 1. The number of carbonyl (C=O) groups is 1. The van der Waals surface area contributed by atoms with Crippen LogP contribution in [0.2, 0.25) is 0 Å². The van der Waals surface area contributed by atoms with Gasteiger partial charge in [0.25, 0.3) is 5.91 Å². The number of nitrogens with one attached hydrogen (secondary N) is 1. The number of hydrogen-bond donors (Lipinski definition) is 2. The van der Waals surface area contributed by atoms with E-state index < -0.39 is 0 Å². The van der Waals surface area contributed by atoms with Gasteiger partial charge in [-0.25, -0.2) is 0 Å². The third kappa shape index (κ3) is 3.07. The van der Waals surface area contributed by atoms with E-state index in [9.17, 15) is 4.79 Å². The zero-order valence-electron chi connectivity index (χ0n) is 12.0. The standard InChI is InChI=1S/C16H20N4O/c17-14-11-18-19-15(14)16(21)20-8-6-13(7-9-20)10-12-4-2-1-3-5-12/h1-5,11,13H,6-10,17H2,(H,18,19). The number of piperidine rings is 1. The summed E-state index contributed by atoms with van der Waals surface area (Å²) < 4.78 is 0. The molecule has 110 valence electrons. The van der Waals surface area contributed by atoms with Gasteiger partial charge in [-0.2, -0.15) is 5.10 Å². The Balaban J connectivity index is 1.56. The molecule has 1 aliphatic heterocycles. The van der Waals surface area contributed by atoms with Gasteiger partial charge >= 0.3 is 0 Å². The Morgan fingerprint density at radius 3 is 2.62 bits per heavy atom. The van der Waals surface area contributed by atoms with E-state index in [4.69, 9.17) is 5.73 Å². The third-order valence-corrected chi connectivity index (χ3v) is 4.15. The molecule has 5 heteroatoms. The topological polar surface area (TPSA) is 75.0 Å². The van der Waals surface area contributed by atoms with Crippen LogP contribution in [0.4, 0.5) is 5.69 Å². The van der Waals surface area contributed by atoms with Gasteiger partial charge in [-0.1, -0.05) is 30.3 Å². The summed E-state index contributed by atoms with van der Waals surface area (Å²) in [6.45, 7) is 1.57. The Hall–Kier alpha value is -2.30. The molecule has 1 saturated heterocycles. The first-order chi connectivity index (χ1) is 10.2. The molecule has 1 aromatic heterocycles. The largest absolute Gasteiger partial charge is 0.396 e. The van der Waals surface area contributed by atoms with E-state index in [1.807, 2.05) is 11.0 Å². The minimum Gasteiger partial charge on any atom is -0.396 e. The number of anilines is 1. The molecule has 0 spiro atoms. The van der Waals surface area contributed by atoms with Crippen LogP contribution in [0.3, 0.4) is 0 Å². The Kier molecular flexibility index (Phi) is 3.90. The Morgan fingerprint density at radius 2 is 2.00 bits per heavy atom. The van der Waals surface area contributed by atoms with Crippen LogP contribution in [0, 0.1) is 5.92 Å². The van der Waals surface area contributed by atoms with Crippen molar-refractivity contribution < 1.29 is 4.79 Å². The highest BCUT2D eigenvalue weighted by Gasteiger charge is 2.25. The van der Waals surface area contributed by atoms with Crippen molar-refractivity contribution in [2.75, 3.05) is 18.8 Å². The lowest BCUT2D eigenvalue weighted by Gasteiger charge is -2.31. The van der Waals surface area contributed by atoms with Crippen molar-refractivity contribution in [2.45, 2.75) is 19.3 Å². The number of hydrogen-bond acceptors (Lipinski definition) is 3. The number of nitrogens with two attached hydrogens (primary N) is 1. The maximum atomic E-state index is 12.3. The quantitative estimate of drug-likeness (QED) is 0.906. The van der Waals surface area contributed by atoms with E-state index in [1.54, 1.807) is 0 Å². The molecule has 2 aromatic rings. The molecule has 3 N–H and O–H groups in total. The van der Waals surface area contributed by atoms with Crippen molar-refractivity contribution in [3.05, 3.63) is 47.8 Å². The second kappa shape index (κ2) is 5.99. The summed E-state index contributed by atoms with van der Waals surface area (Å²) in [6, 6.07) is 10.5. The fourth-order valence-corrected chi connectivity index (χ4v) is 2.91. The fraction of sp³-hybridized carbons (Fsp3) is 0.375. The van der Waals surface area contributed by atoms with E-state index in [2.05, 4.69) is 34.5 Å². The molecule has 5 nitrogen and oxygen atoms in total. The summed E-state index contributed by atoms with van der Waals surface area (Å²) in [5.74, 6) is 0.610. The average molecular weight is 284 g/mol. The Labute approximate surface area is 124 Å². The maximum absolute atomic E-state index is 12.3. The molecule has 2 heterocycles. The van der Waals surface area contributed by atoms with Crippen molar-refractivity contribution in [3.63, 3.8) is 0 Å². The lowest BCUT2D eigenvalue weighted by molar-refractivity contribution is 0.0685. The molecule has 1 aliphatic rings. The number of benzene rings is 1. The van der Waals surface area contributed by atoms with Crippen molar-refractivity contribution in [1.82, 2.24) is 15.1 Å². The monoisotopic (exact) mass is 284 g/mol. The van der Waals surface area contributed by atoms with Crippen LogP contribution >= 0.6 is 0 Å². The van der Waals surface area contributed by atoms with Gasteiger partial charge in [-0.3, -0.25) is 9.89 Å². The number of nitrogen functional groups attached to an aromatic ring is 1. The molecule has 0 radical (unpaired) electrons. The van der Waals surface area contributed by atoms with Gasteiger partial charge in [0.2, 0.25) is 0 Å². The van der Waals surface area contributed by atoms with Gasteiger partial charge < -0.3 is 10.6 Å². The SMILES string of the molecule is Nc1cn[nH]c1C(=O)N1CCC(Cc2ccccc2)CC1. The predicted molar refractivity (Wildman–Crippen MR) is 81.8 cm³/mol. The molecule has 0 bridgehead atoms. The first kappa shape index (κ1) is 13.7. The molecule has 0 unspecified atom stereocenters. The predicted octanol–water partition coefficient (Wildman–Crippen LogP) is 2.09. The van der Waals surface area contributed by atoms with Crippen LogP contribution < -0.4 is 5.73 Å². The molecular formula is C16H20N4O. The summed E-state index contributed by atoms with van der Waals surface area (Å²) in [4.78, 5) is 14.2. The highest BCUT2D eigenvalue weighted by molar-refractivity contribution is 5.97. The van der Waals surface area contributed by atoms with E-state index in [-0.39, 0.29) is 5.91 Å². The van der Waals surface area contributed by atoms with Crippen LogP contribution in [-0.4, -0.2) is 34.1 Å². The number of rotatable bonds is 3. The molecule has 0 aliphatic carbocycles. The Morgan fingerprint density at radius 1 is 1.29 bits per heavy atom. The van der Waals surface area contributed by atoms with Gasteiger partial charge in [0.05, 0.1) is 11.9 Å². The normalized spacial score (nSPS) is 16.1. The highest BCUT2D eigenvalue weighted by atomic mass is 16.2. The summed E-state index contributed by atoms with van der Waals surface area (Å²) >= 11 is 0. The molecule has 0 saturated carbocycles. The zero-order valence-corrected chi connectivity index (χ0v) is 12.0. The number of aromatic nitrogens is 2. The van der Waals surface area contributed by atoms with E-state index in [1.165, 1.54) is 11.8 Å². The lowest BCUT2D eigenvalue weighted by Crippen LogP contribution is -2.39. The molecule has 1 amide bonds. The lowest BCUT2D eigenvalue weighted by atomic mass is 9.90. The molecule has 1 aromatic carbocycles. The second-order valence-corrected chi connectivity index (χ2v) is 5.63. The van der Waals surface area contributed by atoms with Crippen molar-refractivity contribution in [2.24, 2.45) is 5.92 Å². The summed E-state index contributed by atoms with van der Waals surface area (Å²) in [5.41, 5.74) is 7.95. The third-order valence-electron chi connectivity index (χ3n) is 4.15. The second-order valence-electron chi connectivity index (χ2n) is 5.63. The van der Waals surface area contributed by atoms with Crippen molar-refractivity contribution >= 4 is 11.6 Å². The van der Waals surface area contributed by atoms with Crippen LogP contribution in [-0.2, 0) is 6.42 Å².